The Morgan fingerprint density at radius 3 is 2.94 bits per heavy atom. The predicted molar refractivity (Wildman–Crippen MR) is 76.6 cm³/mol. The van der Waals surface area contributed by atoms with Crippen LogP contribution >= 0.6 is 38.6 Å². The lowest BCUT2D eigenvalue weighted by Gasteiger charge is -1.98. The van der Waals surface area contributed by atoms with E-state index in [1.807, 2.05) is 7.05 Å². The first-order chi connectivity index (χ1) is 8.24. The molecule has 3 nitrogen and oxygen atoms in total. The summed E-state index contributed by atoms with van der Waals surface area (Å²) in [4.78, 5) is 7.09. The van der Waals surface area contributed by atoms with Crippen molar-refractivity contribution >= 4 is 38.6 Å². The summed E-state index contributed by atoms with van der Waals surface area (Å²) in [5.74, 6) is 0. The molecule has 0 aromatic carbocycles. The van der Waals surface area contributed by atoms with Crippen molar-refractivity contribution in [2.45, 2.75) is 13.2 Å². The number of rotatable bonds is 5. The molecule has 0 unspecified atom stereocenters. The van der Waals surface area contributed by atoms with E-state index in [2.05, 4.69) is 37.7 Å². The van der Waals surface area contributed by atoms with Crippen molar-refractivity contribution in [3.8, 4) is 9.88 Å². The van der Waals surface area contributed by atoms with E-state index < -0.39 is 0 Å². The second kappa shape index (κ2) is 6.06. The minimum atomic E-state index is 0.570. The van der Waals surface area contributed by atoms with Gasteiger partial charge in [0.2, 0.25) is 0 Å². The lowest BCUT2D eigenvalue weighted by atomic mass is 10.3. The van der Waals surface area contributed by atoms with Crippen molar-refractivity contribution in [1.82, 2.24) is 10.3 Å². The van der Waals surface area contributed by atoms with Crippen molar-refractivity contribution in [3.05, 3.63) is 26.5 Å². The third kappa shape index (κ3) is 3.14. The zero-order chi connectivity index (χ0) is 12.3. The Labute approximate surface area is 117 Å². The van der Waals surface area contributed by atoms with E-state index in [0.29, 0.717) is 6.61 Å². The summed E-state index contributed by atoms with van der Waals surface area (Å²) in [5.41, 5.74) is 1.03. The first kappa shape index (κ1) is 13.2. The first-order valence-electron chi connectivity index (χ1n) is 5.11. The molecule has 0 atom stereocenters. The maximum atomic E-state index is 5.18. The zero-order valence-corrected chi connectivity index (χ0v) is 12.8. The fourth-order valence-electron chi connectivity index (χ4n) is 1.46. The van der Waals surface area contributed by atoms with Gasteiger partial charge in [-0.2, -0.15) is 0 Å². The van der Waals surface area contributed by atoms with Crippen molar-refractivity contribution in [2.24, 2.45) is 0 Å². The molecule has 0 saturated carbocycles. The summed E-state index contributed by atoms with van der Waals surface area (Å²) in [6, 6.07) is 2.10. The number of thiazole rings is 1. The van der Waals surface area contributed by atoms with Gasteiger partial charge in [-0.3, -0.25) is 0 Å². The second-order valence-corrected chi connectivity index (χ2v) is 6.39. The molecule has 0 fully saturated rings. The number of nitrogens with zero attached hydrogens (tertiary/aromatic N) is 1. The molecule has 92 valence electrons. The van der Waals surface area contributed by atoms with Gasteiger partial charge in [0.1, 0.15) is 5.01 Å². The molecule has 0 aliphatic heterocycles. The van der Waals surface area contributed by atoms with E-state index in [4.69, 9.17) is 4.74 Å². The first-order valence-corrected chi connectivity index (χ1v) is 7.60. The molecule has 0 saturated heterocycles. The standard InChI is InChI=1S/C11H13BrN2OS2/c1-13-4-10-8(5-15-2)14-11(17-10)9-3-7(12)6-16-9/h3,6,13H,4-5H2,1-2H3. The van der Waals surface area contributed by atoms with Crippen LogP contribution in [0.2, 0.25) is 0 Å². The van der Waals surface area contributed by atoms with Gasteiger partial charge in [-0.15, -0.1) is 22.7 Å². The molecule has 0 amide bonds. The van der Waals surface area contributed by atoms with Crippen LogP contribution in [0.3, 0.4) is 0 Å². The maximum Gasteiger partial charge on any atom is 0.134 e. The second-order valence-electron chi connectivity index (χ2n) is 3.48. The van der Waals surface area contributed by atoms with E-state index in [0.717, 1.165) is 21.7 Å². The van der Waals surface area contributed by atoms with Crippen LogP contribution in [0.25, 0.3) is 9.88 Å². The molecule has 1 N–H and O–H groups in total. The molecule has 2 heterocycles. The van der Waals surface area contributed by atoms with E-state index in [-0.39, 0.29) is 0 Å². The maximum absolute atomic E-state index is 5.18. The number of halogens is 1. The summed E-state index contributed by atoms with van der Waals surface area (Å²) < 4.78 is 6.29. The number of nitrogens with one attached hydrogen (secondary N) is 1. The van der Waals surface area contributed by atoms with E-state index >= 15 is 0 Å². The Morgan fingerprint density at radius 1 is 1.53 bits per heavy atom. The van der Waals surface area contributed by atoms with Crippen molar-refractivity contribution in [3.63, 3.8) is 0 Å². The average molecular weight is 333 g/mol. The Bertz CT molecular complexity index is 472. The number of hydrogen-bond donors (Lipinski definition) is 1. The zero-order valence-electron chi connectivity index (χ0n) is 9.62. The van der Waals surface area contributed by atoms with Crippen LogP contribution in [-0.2, 0) is 17.9 Å². The topological polar surface area (TPSA) is 34.2 Å². The molecule has 0 aliphatic rings. The third-order valence-corrected chi connectivity index (χ3v) is 5.13. The van der Waals surface area contributed by atoms with Gasteiger partial charge < -0.3 is 10.1 Å². The predicted octanol–water partition coefficient (Wildman–Crippen LogP) is 3.50. The van der Waals surface area contributed by atoms with Gasteiger partial charge in [-0.1, -0.05) is 0 Å². The molecule has 0 bridgehead atoms. The molecule has 2 aromatic rings. The van der Waals surface area contributed by atoms with Crippen LogP contribution in [0.5, 0.6) is 0 Å². The molecular formula is C11H13BrN2OS2. The van der Waals surface area contributed by atoms with Gasteiger partial charge in [0.25, 0.3) is 0 Å². The molecule has 17 heavy (non-hydrogen) atoms. The smallest absolute Gasteiger partial charge is 0.134 e. The van der Waals surface area contributed by atoms with E-state index in [9.17, 15) is 0 Å². The number of methoxy groups -OCH3 is 1. The highest BCUT2D eigenvalue weighted by molar-refractivity contribution is 9.10. The third-order valence-electron chi connectivity index (χ3n) is 2.17. The van der Waals surface area contributed by atoms with Crippen LogP contribution in [0.4, 0.5) is 0 Å². The molecule has 2 rings (SSSR count). The van der Waals surface area contributed by atoms with Crippen molar-refractivity contribution in [1.29, 1.82) is 0 Å². The Morgan fingerprint density at radius 2 is 2.35 bits per heavy atom. The van der Waals surface area contributed by atoms with E-state index in [1.54, 1.807) is 29.8 Å². The number of hydrogen-bond acceptors (Lipinski definition) is 5. The largest absolute Gasteiger partial charge is 0.378 e. The fraction of sp³-hybridized carbons (Fsp3) is 0.364. The molecular weight excluding hydrogens is 320 g/mol. The number of aromatic nitrogens is 1. The highest BCUT2D eigenvalue weighted by atomic mass is 79.9. The number of thiophene rings is 1. The van der Waals surface area contributed by atoms with Crippen LogP contribution in [0.1, 0.15) is 10.6 Å². The van der Waals surface area contributed by atoms with Crippen LogP contribution < -0.4 is 5.32 Å². The average Bonchev–Trinajstić information content (AvgIpc) is 2.87. The molecule has 0 aliphatic carbocycles. The van der Waals surface area contributed by atoms with Gasteiger partial charge in [0, 0.05) is 28.4 Å². The van der Waals surface area contributed by atoms with Gasteiger partial charge >= 0.3 is 0 Å². The summed E-state index contributed by atoms with van der Waals surface area (Å²) in [6.45, 7) is 1.41. The highest BCUT2D eigenvalue weighted by Gasteiger charge is 2.13. The quantitative estimate of drug-likeness (QED) is 0.909. The summed E-state index contributed by atoms with van der Waals surface area (Å²) in [6.07, 6.45) is 0. The van der Waals surface area contributed by atoms with Crippen LogP contribution in [0, 0.1) is 0 Å². The molecule has 0 radical (unpaired) electrons. The fourth-order valence-corrected chi connectivity index (χ4v) is 4.03. The highest BCUT2D eigenvalue weighted by Crippen LogP contribution is 2.34. The van der Waals surface area contributed by atoms with E-state index in [1.165, 1.54) is 9.75 Å². The Kier molecular flexibility index (Phi) is 4.69. The van der Waals surface area contributed by atoms with Gasteiger partial charge in [0.15, 0.2) is 0 Å². The van der Waals surface area contributed by atoms with Gasteiger partial charge in [-0.25, -0.2) is 4.98 Å². The van der Waals surface area contributed by atoms with Crippen molar-refractivity contribution < 1.29 is 4.74 Å². The SMILES string of the molecule is CNCc1sc(-c2cc(Br)cs2)nc1COC. The number of ether oxygens (including phenoxy) is 1. The lowest BCUT2D eigenvalue weighted by molar-refractivity contribution is 0.181. The van der Waals surface area contributed by atoms with Gasteiger partial charge in [0.05, 0.1) is 17.2 Å². The minimum Gasteiger partial charge on any atom is -0.378 e. The molecule has 0 spiro atoms. The Balaban J connectivity index is 2.32. The Hall–Kier alpha value is -0.270. The lowest BCUT2D eigenvalue weighted by Crippen LogP contribution is -2.06. The van der Waals surface area contributed by atoms with Crippen LogP contribution in [-0.4, -0.2) is 19.1 Å². The summed E-state index contributed by atoms with van der Waals surface area (Å²) in [7, 11) is 3.64. The van der Waals surface area contributed by atoms with Crippen molar-refractivity contribution in [2.75, 3.05) is 14.2 Å². The minimum absolute atomic E-state index is 0.570. The van der Waals surface area contributed by atoms with Gasteiger partial charge in [-0.05, 0) is 29.0 Å². The summed E-state index contributed by atoms with van der Waals surface area (Å²) in [5, 5.41) is 6.30. The normalized spacial score (nSPS) is 11.0. The monoisotopic (exact) mass is 332 g/mol. The summed E-state index contributed by atoms with van der Waals surface area (Å²) >= 11 is 6.89. The van der Waals surface area contributed by atoms with Crippen LogP contribution in [0.15, 0.2) is 15.9 Å². The molecule has 2 aromatic heterocycles. The molecule has 6 heteroatoms.